The van der Waals surface area contributed by atoms with Crippen LogP contribution in [0.25, 0.3) is 0 Å². The number of unbranched alkanes of at least 4 members (excludes halogenated alkanes) is 1. The van der Waals surface area contributed by atoms with E-state index < -0.39 is 11.1 Å². The van der Waals surface area contributed by atoms with Gasteiger partial charge in [-0.25, -0.2) is 4.79 Å². The van der Waals surface area contributed by atoms with Crippen molar-refractivity contribution in [2.24, 2.45) is 23.7 Å². The van der Waals surface area contributed by atoms with Crippen molar-refractivity contribution in [3.63, 3.8) is 0 Å². The fourth-order valence-corrected chi connectivity index (χ4v) is 6.88. The number of ether oxygens (including phenoxy) is 1. The molecule has 5 rings (SSSR count). The summed E-state index contributed by atoms with van der Waals surface area (Å²) in [5.41, 5.74) is 0.125. The van der Waals surface area contributed by atoms with Gasteiger partial charge in [0.25, 0.3) is 0 Å². The topological polar surface area (TPSA) is 82.7 Å². The number of likely N-dealkylation sites (tertiary alicyclic amines) is 1. The number of nitrogens with one attached hydrogen (secondary N) is 3. The first kappa shape index (κ1) is 26.9. The molecule has 4 aliphatic rings. The molecule has 1 aliphatic carbocycles. The minimum absolute atomic E-state index is 0.155. The Bertz CT molecular complexity index is 900. The largest absolute Gasteiger partial charge is 0.444 e. The molecule has 1 aromatic carbocycles. The van der Waals surface area contributed by atoms with E-state index in [0.29, 0.717) is 36.9 Å². The molecule has 7 nitrogen and oxygen atoms in total. The number of hydrogen-bond acceptors (Lipinski definition) is 5. The first-order valence-corrected chi connectivity index (χ1v) is 13.9. The maximum Gasteiger partial charge on any atom is 0.407 e. The average Bonchev–Trinajstić information content (AvgIpc) is 3.10. The van der Waals surface area contributed by atoms with Crippen molar-refractivity contribution in [1.82, 2.24) is 20.9 Å². The fraction of sp³-hybridized carbons (Fsp3) is 0.724. The highest BCUT2D eigenvalue weighted by atomic mass is 16.6. The number of hydrogen-bond donors (Lipinski definition) is 3. The van der Waals surface area contributed by atoms with Crippen LogP contribution in [0.3, 0.4) is 0 Å². The van der Waals surface area contributed by atoms with Crippen molar-refractivity contribution < 1.29 is 14.3 Å². The van der Waals surface area contributed by atoms with Crippen LogP contribution >= 0.6 is 0 Å². The lowest BCUT2D eigenvalue weighted by Gasteiger charge is -2.56. The molecule has 200 valence electrons. The molecular formula is C29H46N4O3. The highest BCUT2D eigenvalue weighted by Gasteiger charge is 2.64. The standard InChI is InChI=1S/C29H46N4O3/c1-20(2)18-33-19-22-15-29(26(34)31-16-21-11-7-6-8-12-21)24(25(33)23(22)17-32-29)13-9-10-14-30-27(35)36-28(3,4)5/h6-8,11-12,20,22-25,32H,9-10,13-19H2,1-5H3,(H,30,35)(H,31,34)/t22-,23-,24-,25+,29+/m1/s1. The molecule has 0 aromatic heterocycles. The summed E-state index contributed by atoms with van der Waals surface area (Å²) in [7, 11) is 0. The van der Waals surface area contributed by atoms with Gasteiger partial charge in [-0.1, -0.05) is 50.6 Å². The molecule has 3 saturated heterocycles. The van der Waals surface area contributed by atoms with Gasteiger partial charge in [0.15, 0.2) is 0 Å². The van der Waals surface area contributed by atoms with Crippen LogP contribution in [-0.4, -0.2) is 60.3 Å². The van der Waals surface area contributed by atoms with Gasteiger partial charge in [-0.15, -0.1) is 0 Å². The van der Waals surface area contributed by atoms with E-state index in [9.17, 15) is 9.59 Å². The highest BCUT2D eigenvalue weighted by molar-refractivity contribution is 5.87. The van der Waals surface area contributed by atoms with Gasteiger partial charge < -0.3 is 20.7 Å². The number of alkyl carbamates (subject to hydrolysis) is 1. The molecule has 36 heavy (non-hydrogen) atoms. The zero-order valence-electron chi connectivity index (χ0n) is 22.8. The lowest BCUT2D eigenvalue weighted by molar-refractivity contribution is -0.139. The van der Waals surface area contributed by atoms with Gasteiger partial charge in [0.2, 0.25) is 5.91 Å². The van der Waals surface area contributed by atoms with E-state index in [4.69, 9.17) is 4.74 Å². The van der Waals surface area contributed by atoms with Crippen molar-refractivity contribution >= 4 is 12.0 Å². The molecule has 3 heterocycles. The number of carbonyl (C=O) groups is 2. The second kappa shape index (κ2) is 11.1. The van der Waals surface area contributed by atoms with Gasteiger partial charge in [-0.2, -0.15) is 0 Å². The predicted octanol–water partition coefficient (Wildman–Crippen LogP) is 3.93. The quantitative estimate of drug-likeness (QED) is 0.426. The van der Waals surface area contributed by atoms with E-state index in [-0.39, 0.29) is 17.9 Å². The summed E-state index contributed by atoms with van der Waals surface area (Å²) >= 11 is 0. The minimum Gasteiger partial charge on any atom is -0.444 e. The third kappa shape index (κ3) is 6.05. The molecule has 5 atom stereocenters. The molecule has 0 radical (unpaired) electrons. The zero-order valence-corrected chi connectivity index (χ0v) is 22.8. The molecule has 4 fully saturated rings. The number of rotatable bonds is 10. The van der Waals surface area contributed by atoms with Crippen LogP contribution < -0.4 is 16.0 Å². The van der Waals surface area contributed by atoms with Crippen LogP contribution in [0.5, 0.6) is 0 Å². The Morgan fingerprint density at radius 3 is 2.61 bits per heavy atom. The first-order chi connectivity index (χ1) is 17.1. The lowest BCUT2D eigenvalue weighted by Crippen LogP contribution is -2.73. The second-order valence-electron chi connectivity index (χ2n) is 12.5. The molecular weight excluding hydrogens is 452 g/mol. The molecule has 0 unspecified atom stereocenters. The summed E-state index contributed by atoms with van der Waals surface area (Å²) in [5, 5.41) is 9.92. The van der Waals surface area contributed by atoms with Gasteiger partial charge in [-0.05, 0) is 63.4 Å². The van der Waals surface area contributed by atoms with E-state index in [2.05, 4.69) is 46.8 Å². The Labute approximate surface area is 217 Å². The Morgan fingerprint density at radius 1 is 1.17 bits per heavy atom. The Morgan fingerprint density at radius 2 is 1.92 bits per heavy atom. The van der Waals surface area contributed by atoms with Crippen LogP contribution in [0.4, 0.5) is 4.79 Å². The van der Waals surface area contributed by atoms with Crippen LogP contribution in [0, 0.1) is 23.7 Å². The van der Waals surface area contributed by atoms with E-state index in [1.54, 1.807) is 0 Å². The van der Waals surface area contributed by atoms with Crippen molar-refractivity contribution in [3.8, 4) is 0 Å². The maximum atomic E-state index is 13.9. The summed E-state index contributed by atoms with van der Waals surface area (Å²) in [6.45, 7) is 14.5. The predicted molar refractivity (Wildman–Crippen MR) is 142 cm³/mol. The smallest absolute Gasteiger partial charge is 0.407 e. The third-order valence-corrected chi connectivity index (χ3v) is 8.13. The number of fused-ring (bicyclic) bond motifs is 1. The number of nitrogens with zero attached hydrogens (tertiary/aromatic N) is 1. The summed E-state index contributed by atoms with van der Waals surface area (Å²) in [6.07, 6.45) is 3.38. The molecule has 0 spiro atoms. The molecule has 1 saturated carbocycles. The van der Waals surface area contributed by atoms with Gasteiger partial charge >= 0.3 is 6.09 Å². The number of piperidine rings is 2. The monoisotopic (exact) mass is 498 g/mol. The second-order valence-corrected chi connectivity index (χ2v) is 12.5. The van der Waals surface area contributed by atoms with E-state index >= 15 is 0 Å². The van der Waals surface area contributed by atoms with Crippen molar-refractivity contribution in [1.29, 1.82) is 0 Å². The average molecular weight is 499 g/mol. The van der Waals surface area contributed by atoms with Crippen molar-refractivity contribution in [2.45, 2.75) is 84.0 Å². The Hall–Kier alpha value is -2.12. The lowest BCUT2D eigenvalue weighted by atomic mass is 9.58. The molecule has 2 amide bonds. The summed E-state index contributed by atoms with van der Waals surface area (Å²) in [6, 6.07) is 10.6. The normalized spacial score (nSPS) is 29.4. The van der Waals surface area contributed by atoms with Gasteiger partial charge in [0, 0.05) is 44.7 Å². The molecule has 7 heteroatoms. The van der Waals surface area contributed by atoms with E-state index in [1.807, 2.05) is 39.0 Å². The molecule has 1 aromatic rings. The molecule has 4 bridgehead atoms. The van der Waals surface area contributed by atoms with Gasteiger partial charge in [-0.3, -0.25) is 9.69 Å². The SMILES string of the molecule is CC(C)CN1C[C@H]2C[C@]3(C(=O)NCc4ccccc4)NC[C@H]2[C@H]1[C@H]3CCCCNC(=O)OC(C)(C)C. The number of benzene rings is 1. The number of carbonyl (C=O) groups excluding carboxylic acids is 2. The number of amides is 2. The van der Waals surface area contributed by atoms with Gasteiger partial charge in [0.05, 0.1) is 0 Å². The van der Waals surface area contributed by atoms with E-state index in [0.717, 1.165) is 50.9 Å². The zero-order chi connectivity index (χ0) is 25.9. The highest BCUT2D eigenvalue weighted by Crippen LogP contribution is 2.53. The summed E-state index contributed by atoms with van der Waals surface area (Å²) in [5.74, 6) is 2.24. The summed E-state index contributed by atoms with van der Waals surface area (Å²) < 4.78 is 5.36. The Balaban J connectivity index is 1.42. The van der Waals surface area contributed by atoms with Crippen LogP contribution in [0.15, 0.2) is 30.3 Å². The molecule has 3 aliphatic heterocycles. The fourth-order valence-electron chi connectivity index (χ4n) is 6.88. The van der Waals surface area contributed by atoms with Crippen molar-refractivity contribution in [3.05, 3.63) is 35.9 Å². The van der Waals surface area contributed by atoms with E-state index in [1.165, 1.54) is 0 Å². The Kier molecular flexibility index (Phi) is 8.30. The van der Waals surface area contributed by atoms with Crippen LogP contribution in [0.2, 0.25) is 0 Å². The maximum absolute atomic E-state index is 13.9. The van der Waals surface area contributed by atoms with Crippen LogP contribution in [0.1, 0.15) is 65.9 Å². The van der Waals surface area contributed by atoms with Gasteiger partial charge in [0.1, 0.15) is 11.1 Å². The van der Waals surface area contributed by atoms with Crippen LogP contribution in [-0.2, 0) is 16.1 Å². The minimum atomic E-state index is -0.511. The first-order valence-electron chi connectivity index (χ1n) is 13.9. The van der Waals surface area contributed by atoms with Crippen molar-refractivity contribution in [2.75, 3.05) is 26.2 Å². The third-order valence-electron chi connectivity index (χ3n) is 8.13. The summed E-state index contributed by atoms with van der Waals surface area (Å²) in [4.78, 5) is 28.5. The molecule has 3 N–H and O–H groups in total.